The standard InChI is InChI=1S/C17H24N2OS/c1-12(2)19-13(3)10-15(14(19)4)7-8-18-17(20)11-16-6-5-9-21-16/h5-6,9-10,12H,7-8,11H2,1-4H3,(H,18,20). The third kappa shape index (κ3) is 3.97. The summed E-state index contributed by atoms with van der Waals surface area (Å²) in [6, 6.07) is 6.70. The summed E-state index contributed by atoms with van der Waals surface area (Å²) in [6.45, 7) is 9.41. The van der Waals surface area contributed by atoms with Gasteiger partial charge in [-0.15, -0.1) is 11.3 Å². The van der Waals surface area contributed by atoms with Gasteiger partial charge in [0.15, 0.2) is 0 Å². The van der Waals surface area contributed by atoms with Crippen LogP contribution in [0.5, 0.6) is 0 Å². The number of amides is 1. The fourth-order valence-corrected chi connectivity index (χ4v) is 3.57. The minimum Gasteiger partial charge on any atom is -0.355 e. The van der Waals surface area contributed by atoms with Crippen molar-refractivity contribution in [1.82, 2.24) is 9.88 Å². The second-order valence-corrected chi connectivity index (χ2v) is 6.75. The summed E-state index contributed by atoms with van der Waals surface area (Å²) in [5.74, 6) is 0.107. The highest BCUT2D eigenvalue weighted by atomic mass is 32.1. The molecule has 2 heterocycles. The van der Waals surface area contributed by atoms with E-state index in [1.807, 2.05) is 17.5 Å². The molecule has 0 bridgehead atoms. The molecule has 0 aromatic carbocycles. The maximum atomic E-state index is 11.9. The largest absolute Gasteiger partial charge is 0.355 e. The number of nitrogens with zero attached hydrogens (tertiary/aromatic N) is 1. The minimum atomic E-state index is 0.107. The summed E-state index contributed by atoms with van der Waals surface area (Å²) >= 11 is 1.63. The Hall–Kier alpha value is -1.55. The van der Waals surface area contributed by atoms with Gasteiger partial charge >= 0.3 is 0 Å². The third-order valence-corrected chi connectivity index (χ3v) is 4.61. The van der Waals surface area contributed by atoms with Crippen molar-refractivity contribution in [1.29, 1.82) is 0 Å². The third-order valence-electron chi connectivity index (χ3n) is 3.74. The van der Waals surface area contributed by atoms with E-state index in [9.17, 15) is 4.79 Å². The highest BCUT2D eigenvalue weighted by molar-refractivity contribution is 7.10. The fraction of sp³-hybridized carbons (Fsp3) is 0.471. The number of carbonyl (C=O) groups excluding carboxylic acids is 1. The average molecular weight is 304 g/mol. The first kappa shape index (κ1) is 15.8. The monoisotopic (exact) mass is 304 g/mol. The predicted molar refractivity (Wildman–Crippen MR) is 89.0 cm³/mol. The smallest absolute Gasteiger partial charge is 0.225 e. The van der Waals surface area contributed by atoms with Gasteiger partial charge in [0.25, 0.3) is 0 Å². The first-order chi connectivity index (χ1) is 9.99. The second-order valence-electron chi connectivity index (χ2n) is 5.72. The summed E-state index contributed by atoms with van der Waals surface area (Å²) < 4.78 is 2.35. The van der Waals surface area contributed by atoms with Gasteiger partial charge in [-0.25, -0.2) is 0 Å². The summed E-state index contributed by atoms with van der Waals surface area (Å²) in [6.07, 6.45) is 1.38. The topological polar surface area (TPSA) is 34.0 Å². The second kappa shape index (κ2) is 6.94. The van der Waals surface area contributed by atoms with Crippen molar-refractivity contribution in [2.45, 2.75) is 46.6 Å². The van der Waals surface area contributed by atoms with Crippen molar-refractivity contribution < 1.29 is 4.79 Å². The highest BCUT2D eigenvalue weighted by Gasteiger charge is 2.11. The molecule has 1 N–H and O–H groups in total. The molecule has 0 atom stereocenters. The van der Waals surface area contributed by atoms with Crippen LogP contribution >= 0.6 is 11.3 Å². The molecule has 0 saturated carbocycles. The molecule has 0 radical (unpaired) electrons. The number of hydrogen-bond donors (Lipinski definition) is 1. The summed E-state index contributed by atoms with van der Waals surface area (Å²) in [4.78, 5) is 13.0. The van der Waals surface area contributed by atoms with Gasteiger partial charge in [-0.2, -0.15) is 0 Å². The lowest BCUT2D eigenvalue weighted by Gasteiger charge is -2.14. The molecule has 0 aliphatic heterocycles. The Bertz CT molecular complexity index is 597. The molecule has 0 spiro atoms. The maximum Gasteiger partial charge on any atom is 0.225 e. The number of thiophene rings is 1. The quantitative estimate of drug-likeness (QED) is 0.868. The van der Waals surface area contributed by atoms with Crippen molar-refractivity contribution in [3.05, 3.63) is 45.4 Å². The van der Waals surface area contributed by atoms with Gasteiger partial charge in [-0.1, -0.05) is 6.07 Å². The van der Waals surface area contributed by atoms with E-state index in [1.165, 1.54) is 17.0 Å². The predicted octanol–water partition coefficient (Wildman–Crippen LogP) is 3.65. The number of nitrogens with one attached hydrogen (secondary N) is 1. The molecule has 0 aliphatic rings. The van der Waals surface area contributed by atoms with Crippen LogP contribution in [-0.2, 0) is 17.6 Å². The molecular formula is C17H24N2OS. The Labute approximate surface area is 131 Å². The van der Waals surface area contributed by atoms with E-state index in [4.69, 9.17) is 0 Å². The molecule has 0 saturated heterocycles. The van der Waals surface area contributed by atoms with Crippen LogP contribution in [0.3, 0.4) is 0 Å². The minimum absolute atomic E-state index is 0.107. The van der Waals surface area contributed by atoms with E-state index in [0.717, 1.165) is 11.3 Å². The lowest BCUT2D eigenvalue weighted by atomic mass is 10.2. The van der Waals surface area contributed by atoms with Crippen molar-refractivity contribution in [3.8, 4) is 0 Å². The Morgan fingerprint density at radius 1 is 1.38 bits per heavy atom. The van der Waals surface area contributed by atoms with Crippen molar-refractivity contribution >= 4 is 17.2 Å². The van der Waals surface area contributed by atoms with Crippen LogP contribution in [0.4, 0.5) is 0 Å². The SMILES string of the molecule is Cc1cc(CCNC(=O)Cc2cccs2)c(C)n1C(C)C. The van der Waals surface area contributed by atoms with E-state index in [2.05, 4.69) is 43.6 Å². The fourth-order valence-electron chi connectivity index (χ4n) is 2.86. The Balaban J connectivity index is 1.86. The highest BCUT2D eigenvalue weighted by Crippen LogP contribution is 2.20. The molecule has 4 heteroatoms. The van der Waals surface area contributed by atoms with E-state index in [1.54, 1.807) is 11.3 Å². The summed E-state index contributed by atoms with van der Waals surface area (Å²) in [5, 5.41) is 5.02. The van der Waals surface area contributed by atoms with Crippen LogP contribution in [0.1, 0.15) is 41.7 Å². The maximum absolute atomic E-state index is 11.9. The Kier molecular flexibility index (Phi) is 5.23. The van der Waals surface area contributed by atoms with Crippen molar-refractivity contribution in [2.75, 3.05) is 6.54 Å². The van der Waals surface area contributed by atoms with Gasteiger partial charge in [-0.05, 0) is 57.2 Å². The van der Waals surface area contributed by atoms with Gasteiger partial charge < -0.3 is 9.88 Å². The lowest BCUT2D eigenvalue weighted by molar-refractivity contribution is -0.120. The van der Waals surface area contributed by atoms with Crippen LogP contribution < -0.4 is 5.32 Å². The zero-order valence-corrected chi connectivity index (χ0v) is 14.1. The van der Waals surface area contributed by atoms with Gasteiger partial charge in [0.05, 0.1) is 6.42 Å². The van der Waals surface area contributed by atoms with Gasteiger partial charge in [0.2, 0.25) is 5.91 Å². The first-order valence-corrected chi connectivity index (χ1v) is 8.33. The van der Waals surface area contributed by atoms with Gasteiger partial charge in [0, 0.05) is 28.9 Å². The number of hydrogen-bond acceptors (Lipinski definition) is 2. The number of aryl methyl sites for hydroxylation is 1. The van der Waals surface area contributed by atoms with E-state index >= 15 is 0 Å². The van der Waals surface area contributed by atoms with E-state index in [-0.39, 0.29) is 5.91 Å². The molecule has 3 nitrogen and oxygen atoms in total. The normalized spacial score (nSPS) is 11.1. The van der Waals surface area contributed by atoms with Crippen LogP contribution in [-0.4, -0.2) is 17.0 Å². The molecule has 0 aliphatic carbocycles. The van der Waals surface area contributed by atoms with Crippen molar-refractivity contribution in [2.24, 2.45) is 0 Å². The van der Waals surface area contributed by atoms with Gasteiger partial charge in [0.1, 0.15) is 0 Å². The zero-order valence-electron chi connectivity index (χ0n) is 13.3. The molecule has 1 amide bonds. The summed E-state index contributed by atoms with van der Waals surface area (Å²) in [5.41, 5.74) is 3.94. The molecule has 21 heavy (non-hydrogen) atoms. The molecule has 2 aromatic heterocycles. The number of rotatable bonds is 6. The molecule has 2 rings (SSSR count). The van der Waals surface area contributed by atoms with Crippen LogP contribution in [0.25, 0.3) is 0 Å². The van der Waals surface area contributed by atoms with E-state index < -0.39 is 0 Å². The first-order valence-electron chi connectivity index (χ1n) is 7.45. The molecule has 114 valence electrons. The molecule has 0 fully saturated rings. The average Bonchev–Trinajstić information content (AvgIpc) is 2.98. The number of carbonyl (C=O) groups is 1. The lowest BCUT2D eigenvalue weighted by Crippen LogP contribution is -2.27. The zero-order chi connectivity index (χ0) is 15.4. The van der Waals surface area contributed by atoms with Crippen molar-refractivity contribution in [3.63, 3.8) is 0 Å². The number of aromatic nitrogens is 1. The molecule has 0 unspecified atom stereocenters. The summed E-state index contributed by atoms with van der Waals surface area (Å²) in [7, 11) is 0. The van der Waals surface area contributed by atoms with Crippen LogP contribution in [0.2, 0.25) is 0 Å². The Morgan fingerprint density at radius 2 is 2.14 bits per heavy atom. The Morgan fingerprint density at radius 3 is 2.71 bits per heavy atom. The van der Waals surface area contributed by atoms with Gasteiger partial charge in [-0.3, -0.25) is 4.79 Å². The molecule has 2 aromatic rings. The van der Waals surface area contributed by atoms with Crippen LogP contribution in [0, 0.1) is 13.8 Å². The molecular weight excluding hydrogens is 280 g/mol. The van der Waals surface area contributed by atoms with E-state index in [0.29, 0.717) is 19.0 Å². The van der Waals surface area contributed by atoms with Crippen LogP contribution in [0.15, 0.2) is 23.6 Å².